The Kier molecular flexibility index (Phi) is 3.36. The fraction of sp³-hybridized carbons (Fsp3) is 0. The van der Waals surface area contributed by atoms with Crippen molar-refractivity contribution in [2.75, 3.05) is 0 Å². The number of hydrogen-bond acceptors (Lipinski definition) is 2. The monoisotopic (exact) mass is 352 g/mol. The van der Waals surface area contributed by atoms with Crippen molar-refractivity contribution in [1.82, 2.24) is 0 Å². The lowest BCUT2D eigenvalue weighted by Crippen LogP contribution is -2.03. The zero-order chi connectivity index (χ0) is 14.3. The predicted molar refractivity (Wildman–Crippen MR) is 78.8 cm³/mol. The number of ketones is 1. The molecule has 0 saturated carbocycles. The molecule has 0 amide bonds. The number of halogens is 3. The summed E-state index contributed by atoms with van der Waals surface area (Å²) in [6.45, 7) is 0. The minimum absolute atomic E-state index is 0.0866. The molecule has 20 heavy (non-hydrogen) atoms. The largest absolute Gasteiger partial charge is 0.453 e. The van der Waals surface area contributed by atoms with Gasteiger partial charge in [-0.05, 0) is 40.2 Å². The molecule has 0 aliphatic rings. The molecule has 1 heterocycles. The van der Waals surface area contributed by atoms with Gasteiger partial charge in [0.25, 0.3) is 0 Å². The Labute approximate surface area is 127 Å². The van der Waals surface area contributed by atoms with Crippen LogP contribution < -0.4 is 0 Å². The molecule has 100 valence electrons. The van der Waals surface area contributed by atoms with Crippen molar-refractivity contribution >= 4 is 44.3 Å². The van der Waals surface area contributed by atoms with Crippen LogP contribution >= 0.6 is 27.5 Å². The van der Waals surface area contributed by atoms with E-state index in [0.717, 1.165) is 5.39 Å². The van der Waals surface area contributed by atoms with Crippen LogP contribution in [0.1, 0.15) is 16.1 Å². The first-order valence-corrected chi connectivity index (χ1v) is 6.92. The normalized spacial score (nSPS) is 10.9. The summed E-state index contributed by atoms with van der Waals surface area (Å²) < 4.78 is 19.9. The molecule has 1 aromatic heterocycles. The average Bonchev–Trinajstić information content (AvgIpc) is 2.88. The quantitative estimate of drug-likeness (QED) is 0.467. The molecular weight excluding hydrogens is 347 g/mol. The number of benzene rings is 2. The lowest BCUT2D eigenvalue weighted by molar-refractivity contribution is 0.101. The second-order valence-corrected chi connectivity index (χ2v) is 5.43. The van der Waals surface area contributed by atoms with Crippen LogP contribution in [0.2, 0.25) is 5.02 Å². The molecule has 0 aliphatic carbocycles. The van der Waals surface area contributed by atoms with E-state index < -0.39 is 11.6 Å². The number of para-hydroxylation sites is 1. The third-order valence-electron chi connectivity index (χ3n) is 2.93. The molecule has 0 saturated heterocycles. The van der Waals surface area contributed by atoms with Crippen molar-refractivity contribution in [3.63, 3.8) is 0 Å². The topological polar surface area (TPSA) is 30.2 Å². The first kappa shape index (κ1) is 13.3. The Morgan fingerprint density at radius 3 is 2.70 bits per heavy atom. The van der Waals surface area contributed by atoms with Crippen LogP contribution in [0.25, 0.3) is 11.0 Å². The maximum atomic E-state index is 14.0. The number of carbonyl (C=O) groups excluding carboxylic acids is 1. The Balaban J connectivity index is 2.11. The molecule has 0 unspecified atom stereocenters. The molecule has 3 aromatic rings. The highest BCUT2D eigenvalue weighted by Crippen LogP contribution is 2.29. The molecule has 2 nitrogen and oxygen atoms in total. The molecule has 0 N–H and O–H groups in total. The van der Waals surface area contributed by atoms with E-state index in [-0.39, 0.29) is 16.3 Å². The zero-order valence-electron chi connectivity index (χ0n) is 9.99. The van der Waals surface area contributed by atoms with Crippen LogP contribution in [0.4, 0.5) is 4.39 Å². The molecule has 3 rings (SSSR count). The summed E-state index contributed by atoms with van der Waals surface area (Å²) in [7, 11) is 0. The first-order valence-electron chi connectivity index (χ1n) is 5.74. The summed E-state index contributed by atoms with van der Waals surface area (Å²) in [5.74, 6) is -1.21. The molecule has 0 fully saturated rings. The summed E-state index contributed by atoms with van der Waals surface area (Å²) in [5, 5.41) is 0.673. The second-order valence-electron chi connectivity index (χ2n) is 4.20. The van der Waals surface area contributed by atoms with Gasteiger partial charge in [-0.3, -0.25) is 4.79 Å². The van der Waals surface area contributed by atoms with Crippen molar-refractivity contribution in [3.8, 4) is 0 Å². The Morgan fingerprint density at radius 1 is 1.20 bits per heavy atom. The third kappa shape index (κ3) is 2.15. The number of hydrogen-bond donors (Lipinski definition) is 0. The van der Waals surface area contributed by atoms with Crippen molar-refractivity contribution in [3.05, 3.63) is 69.1 Å². The molecular formula is C15H7BrClFO2. The standard InChI is InChI=1S/C15H7BrClFO2/c16-10-6-5-9(14(18)13(10)17)15(19)12-7-8-3-1-2-4-11(8)20-12/h1-7H. The maximum absolute atomic E-state index is 14.0. The smallest absolute Gasteiger partial charge is 0.231 e. The lowest BCUT2D eigenvalue weighted by Gasteiger charge is -2.03. The van der Waals surface area contributed by atoms with Crippen LogP contribution in [0.3, 0.4) is 0 Å². The van der Waals surface area contributed by atoms with Gasteiger partial charge in [0.1, 0.15) is 5.58 Å². The lowest BCUT2D eigenvalue weighted by atomic mass is 10.1. The van der Waals surface area contributed by atoms with Crippen molar-refractivity contribution < 1.29 is 13.6 Å². The van der Waals surface area contributed by atoms with Crippen LogP contribution in [0.15, 0.2) is 51.4 Å². The van der Waals surface area contributed by atoms with E-state index in [2.05, 4.69) is 15.9 Å². The summed E-state index contributed by atoms with van der Waals surface area (Å²) in [6, 6.07) is 11.7. The fourth-order valence-electron chi connectivity index (χ4n) is 1.93. The van der Waals surface area contributed by atoms with Gasteiger partial charge in [-0.15, -0.1) is 0 Å². The van der Waals surface area contributed by atoms with E-state index in [1.165, 1.54) is 12.1 Å². The Morgan fingerprint density at radius 2 is 1.95 bits per heavy atom. The van der Waals surface area contributed by atoms with E-state index >= 15 is 0 Å². The minimum Gasteiger partial charge on any atom is -0.453 e. The van der Waals surface area contributed by atoms with Crippen LogP contribution in [0.5, 0.6) is 0 Å². The summed E-state index contributed by atoms with van der Waals surface area (Å²) >= 11 is 8.90. The van der Waals surface area contributed by atoms with E-state index in [4.69, 9.17) is 16.0 Å². The van der Waals surface area contributed by atoms with Gasteiger partial charge in [0, 0.05) is 9.86 Å². The number of furan rings is 1. The zero-order valence-corrected chi connectivity index (χ0v) is 12.3. The Hall–Kier alpha value is -1.65. The summed E-state index contributed by atoms with van der Waals surface area (Å²) in [4.78, 5) is 12.3. The van der Waals surface area contributed by atoms with Crippen molar-refractivity contribution in [1.29, 1.82) is 0 Å². The number of fused-ring (bicyclic) bond motifs is 1. The number of rotatable bonds is 2. The second kappa shape index (κ2) is 5.04. The molecule has 2 aromatic carbocycles. The summed E-state index contributed by atoms with van der Waals surface area (Å²) in [6.07, 6.45) is 0. The SMILES string of the molecule is O=C(c1cc2ccccc2o1)c1ccc(Br)c(Cl)c1F. The van der Waals surface area contributed by atoms with Gasteiger partial charge in [-0.1, -0.05) is 29.8 Å². The highest BCUT2D eigenvalue weighted by Gasteiger charge is 2.21. The first-order chi connectivity index (χ1) is 9.58. The van der Waals surface area contributed by atoms with E-state index in [1.807, 2.05) is 12.1 Å². The van der Waals surface area contributed by atoms with Crippen molar-refractivity contribution in [2.45, 2.75) is 0 Å². The molecule has 0 bridgehead atoms. The van der Waals surface area contributed by atoms with Crippen molar-refractivity contribution in [2.24, 2.45) is 0 Å². The predicted octanol–water partition coefficient (Wildman–Crippen LogP) is 5.22. The fourth-order valence-corrected chi connectivity index (χ4v) is 2.40. The third-order valence-corrected chi connectivity index (χ3v) is 4.19. The van der Waals surface area contributed by atoms with Crippen LogP contribution in [0, 0.1) is 5.82 Å². The highest BCUT2D eigenvalue weighted by molar-refractivity contribution is 9.10. The highest BCUT2D eigenvalue weighted by atomic mass is 79.9. The van der Waals surface area contributed by atoms with Gasteiger partial charge in [0.2, 0.25) is 5.78 Å². The van der Waals surface area contributed by atoms with Crippen LogP contribution in [-0.4, -0.2) is 5.78 Å². The van der Waals surface area contributed by atoms with E-state index in [9.17, 15) is 9.18 Å². The van der Waals surface area contributed by atoms with E-state index in [0.29, 0.717) is 10.1 Å². The van der Waals surface area contributed by atoms with Gasteiger partial charge in [-0.2, -0.15) is 0 Å². The molecule has 0 atom stereocenters. The minimum atomic E-state index is -0.758. The van der Waals surface area contributed by atoms with Gasteiger partial charge < -0.3 is 4.42 Å². The van der Waals surface area contributed by atoms with Gasteiger partial charge >= 0.3 is 0 Å². The molecule has 0 radical (unpaired) electrons. The van der Waals surface area contributed by atoms with Crippen LogP contribution in [-0.2, 0) is 0 Å². The average molecular weight is 354 g/mol. The molecule has 5 heteroatoms. The summed E-state index contributed by atoms with van der Waals surface area (Å²) in [5.41, 5.74) is 0.469. The maximum Gasteiger partial charge on any atom is 0.231 e. The van der Waals surface area contributed by atoms with Gasteiger partial charge in [-0.25, -0.2) is 4.39 Å². The van der Waals surface area contributed by atoms with E-state index in [1.54, 1.807) is 18.2 Å². The molecule has 0 aliphatic heterocycles. The Bertz CT molecular complexity index is 793. The van der Waals surface area contributed by atoms with Gasteiger partial charge in [0.15, 0.2) is 11.6 Å². The number of carbonyl (C=O) groups is 1. The molecule has 0 spiro atoms. The van der Waals surface area contributed by atoms with Gasteiger partial charge in [0.05, 0.1) is 10.6 Å².